The van der Waals surface area contributed by atoms with Gasteiger partial charge in [-0.2, -0.15) is 0 Å². The Bertz CT molecular complexity index is 803. The van der Waals surface area contributed by atoms with Gasteiger partial charge in [-0.3, -0.25) is 0 Å². The summed E-state index contributed by atoms with van der Waals surface area (Å²) in [5, 5.41) is 3.38. The maximum atomic E-state index is 13.4. The second kappa shape index (κ2) is 6.20. The van der Waals surface area contributed by atoms with Gasteiger partial charge in [0, 0.05) is 23.6 Å². The molecule has 4 nitrogen and oxygen atoms in total. The zero-order chi connectivity index (χ0) is 16.4. The molecule has 1 aliphatic rings. The zero-order valence-corrected chi connectivity index (χ0v) is 13.6. The molecule has 0 spiro atoms. The number of rotatable bonds is 3. The minimum absolute atomic E-state index is 0.00261. The van der Waals surface area contributed by atoms with Gasteiger partial charge in [0.25, 0.3) is 0 Å². The van der Waals surface area contributed by atoms with Crippen LogP contribution in [0.3, 0.4) is 0 Å². The quantitative estimate of drug-likeness (QED) is 0.932. The average Bonchev–Trinajstić information content (AvgIpc) is 2.69. The highest BCUT2D eigenvalue weighted by molar-refractivity contribution is 7.90. The molecule has 2 aromatic rings. The molecule has 2 aromatic carbocycles. The van der Waals surface area contributed by atoms with Gasteiger partial charge in [-0.25, -0.2) is 12.8 Å². The molecular formula is C17H18FNO3S. The lowest BCUT2D eigenvalue weighted by Crippen LogP contribution is -2.10. The molecule has 0 amide bonds. The molecule has 0 aromatic heterocycles. The SMILES string of the molecule is CS(=O)(=O)c1ccc(NC2CCCOc3cc(F)ccc32)cc1. The molecule has 0 radical (unpaired) electrons. The first-order valence-corrected chi connectivity index (χ1v) is 9.31. The van der Waals surface area contributed by atoms with Crippen molar-refractivity contribution >= 4 is 15.5 Å². The molecule has 1 unspecified atom stereocenters. The van der Waals surface area contributed by atoms with Crippen LogP contribution in [0, 0.1) is 5.82 Å². The van der Waals surface area contributed by atoms with Gasteiger partial charge in [0.2, 0.25) is 0 Å². The number of benzene rings is 2. The Hall–Kier alpha value is -2.08. The fraction of sp³-hybridized carbons (Fsp3) is 0.294. The van der Waals surface area contributed by atoms with E-state index in [2.05, 4.69) is 5.32 Å². The third-order valence-electron chi connectivity index (χ3n) is 3.87. The number of nitrogens with one attached hydrogen (secondary N) is 1. The number of ether oxygens (including phenoxy) is 1. The van der Waals surface area contributed by atoms with Crippen LogP contribution in [0.2, 0.25) is 0 Å². The van der Waals surface area contributed by atoms with Gasteiger partial charge in [-0.15, -0.1) is 0 Å². The highest BCUT2D eigenvalue weighted by Crippen LogP contribution is 2.34. The van der Waals surface area contributed by atoms with Crippen LogP contribution in [0.5, 0.6) is 5.75 Å². The van der Waals surface area contributed by atoms with E-state index in [1.54, 1.807) is 30.3 Å². The molecule has 0 fully saturated rings. The summed E-state index contributed by atoms with van der Waals surface area (Å²) in [6, 6.07) is 11.2. The predicted molar refractivity (Wildman–Crippen MR) is 87.0 cm³/mol. The molecule has 0 saturated heterocycles. The summed E-state index contributed by atoms with van der Waals surface area (Å²) in [7, 11) is -3.20. The van der Waals surface area contributed by atoms with E-state index >= 15 is 0 Å². The highest BCUT2D eigenvalue weighted by atomic mass is 32.2. The lowest BCUT2D eigenvalue weighted by Gasteiger charge is -2.19. The lowest BCUT2D eigenvalue weighted by molar-refractivity contribution is 0.315. The Morgan fingerprint density at radius 1 is 1.17 bits per heavy atom. The Morgan fingerprint density at radius 3 is 2.61 bits per heavy atom. The third kappa shape index (κ3) is 3.64. The molecule has 0 bridgehead atoms. The number of sulfone groups is 1. The Morgan fingerprint density at radius 2 is 1.91 bits per heavy atom. The standard InChI is InChI=1S/C17H18FNO3S/c1-23(20,21)14-7-5-13(6-8-14)19-16-3-2-10-22-17-11-12(18)4-9-15(16)17/h4-9,11,16,19H,2-3,10H2,1H3. The molecular weight excluding hydrogens is 317 g/mol. The van der Waals surface area contributed by atoms with Crippen molar-refractivity contribution in [2.24, 2.45) is 0 Å². The molecule has 0 aliphatic carbocycles. The topological polar surface area (TPSA) is 55.4 Å². The summed E-state index contributed by atoms with van der Waals surface area (Å²) in [5.74, 6) is 0.245. The minimum Gasteiger partial charge on any atom is -0.493 e. The number of hydrogen-bond donors (Lipinski definition) is 1. The van der Waals surface area contributed by atoms with Crippen LogP contribution < -0.4 is 10.1 Å². The third-order valence-corrected chi connectivity index (χ3v) is 5.00. The van der Waals surface area contributed by atoms with Crippen molar-refractivity contribution in [1.29, 1.82) is 0 Å². The van der Waals surface area contributed by atoms with Crippen LogP contribution in [-0.4, -0.2) is 21.3 Å². The molecule has 1 heterocycles. The fourth-order valence-electron chi connectivity index (χ4n) is 2.70. The molecule has 1 N–H and O–H groups in total. The van der Waals surface area contributed by atoms with E-state index in [-0.39, 0.29) is 16.8 Å². The van der Waals surface area contributed by atoms with Gasteiger partial charge in [0.15, 0.2) is 9.84 Å². The van der Waals surface area contributed by atoms with Gasteiger partial charge < -0.3 is 10.1 Å². The molecule has 23 heavy (non-hydrogen) atoms. The smallest absolute Gasteiger partial charge is 0.175 e. The first-order chi connectivity index (χ1) is 10.9. The van der Waals surface area contributed by atoms with Crippen molar-refractivity contribution in [2.45, 2.75) is 23.8 Å². The number of fused-ring (bicyclic) bond motifs is 1. The predicted octanol–water partition coefficient (Wildman–Crippen LogP) is 3.56. The van der Waals surface area contributed by atoms with Crippen molar-refractivity contribution in [3.63, 3.8) is 0 Å². The van der Waals surface area contributed by atoms with Crippen LogP contribution in [0.4, 0.5) is 10.1 Å². The molecule has 3 rings (SSSR count). The van der Waals surface area contributed by atoms with Crippen molar-refractivity contribution in [3.05, 3.63) is 53.8 Å². The van der Waals surface area contributed by atoms with Gasteiger partial charge in [-0.05, 0) is 43.2 Å². The summed E-state index contributed by atoms with van der Waals surface area (Å²) in [6.07, 6.45) is 2.89. The van der Waals surface area contributed by atoms with E-state index in [0.29, 0.717) is 12.4 Å². The first-order valence-electron chi connectivity index (χ1n) is 7.42. The fourth-order valence-corrected chi connectivity index (χ4v) is 3.33. The molecule has 1 aliphatic heterocycles. The van der Waals surface area contributed by atoms with E-state index in [0.717, 1.165) is 24.1 Å². The van der Waals surface area contributed by atoms with E-state index in [4.69, 9.17) is 4.74 Å². The van der Waals surface area contributed by atoms with Crippen LogP contribution >= 0.6 is 0 Å². The Kier molecular flexibility index (Phi) is 4.26. The van der Waals surface area contributed by atoms with Gasteiger partial charge in [0.1, 0.15) is 11.6 Å². The van der Waals surface area contributed by atoms with Crippen LogP contribution in [0.25, 0.3) is 0 Å². The van der Waals surface area contributed by atoms with Crippen LogP contribution in [0.15, 0.2) is 47.4 Å². The van der Waals surface area contributed by atoms with Gasteiger partial charge in [-0.1, -0.05) is 6.07 Å². The van der Waals surface area contributed by atoms with E-state index < -0.39 is 9.84 Å². The molecule has 6 heteroatoms. The van der Waals surface area contributed by atoms with Crippen LogP contribution in [-0.2, 0) is 9.84 Å². The molecule has 1 atom stereocenters. The van der Waals surface area contributed by atoms with Crippen molar-refractivity contribution in [3.8, 4) is 5.75 Å². The lowest BCUT2D eigenvalue weighted by atomic mass is 10.0. The van der Waals surface area contributed by atoms with Crippen molar-refractivity contribution in [2.75, 3.05) is 18.2 Å². The summed E-state index contributed by atoms with van der Waals surface area (Å²) in [5.41, 5.74) is 1.73. The first kappa shape index (κ1) is 15.8. The average molecular weight is 335 g/mol. The second-order valence-electron chi connectivity index (χ2n) is 5.67. The zero-order valence-electron chi connectivity index (χ0n) is 12.8. The normalized spacial score (nSPS) is 17.7. The summed E-state index contributed by atoms with van der Waals surface area (Å²) in [4.78, 5) is 0.287. The van der Waals surface area contributed by atoms with Crippen LogP contribution in [0.1, 0.15) is 24.4 Å². The molecule has 122 valence electrons. The highest BCUT2D eigenvalue weighted by Gasteiger charge is 2.20. The second-order valence-corrected chi connectivity index (χ2v) is 7.68. The maximum absolute atomic E-state index is 13.4. The van der Waals surface area contributed by atoms with Crippen molar-refractivity contribution in [1.82, 2.24) is 0 Å². The monoisotopic (exact) mass is 335 g/mol. The Labute approximate surface area is 135 Å². The molecule has 0 saturated carbocycles. The van der Waals surface area contributed by atoms with E-state index in [1.807, 2.05) is 0 Å². The van der Waals surface area contributed by atoms with E-state index in [9.17, 15) is 12.8 Å². The number of hydrogen-bond acceptors (Lipinski definition) is 4. The number of halogens is 1. The largest absolute Gasteiger partial charge is 0.493 e. The van der Waals surface area contributed by atoms with E-state index in [1.165, 1.54) is 18.4 Å². The van der Waals surface area contributed by atoms with Crippen molar-refractivity contribution < 1.29 is 17.5 Å². The summed E-state index contributed by atoms with van der Waals surface area (Å²) < 4.78 is 42.0. The minimum atomic E-state index is -3.20. The van der Waals surface area contributed by atoms with Gasteiger partial charge in [0.05, 0.1) is 17.5 Å². The maximum Gasteiger partial charge on any atom is 0.175 e. The summed E-state index contributed by atoms with van der Waals surface area (Å²) in [6.45, 7) is 0.557. The Balaban J connectivity index is 1.85. The van der Waals surface area contributed by atoms with Gasteiger partial charge >= 0.3 is 0 Å². The summed E-state index contributed by atoms with van der Waals surface area (Å²) >= 11 is 0. The number of anilines is 1.